The Morgan fingerprint density at radius 2 is 1.38 bits per heavy atom. The second kappa shape index (κ2) is 14.2. The largest absolute Gasteiger partial charge is 0.497 e. The molecule has 1 fully saturated rings. The number of anilines is 1. The van der Waals surface area contributed by atoms with Gasteiger partial charge in [0.25, 0.3) is 0 Å². The first kappa shape index (κ1) is 35.0. The number of aliphatic hydroxyl groups excluding tert-OH is 1. The predicted molar refractivity (Wildman–Crippen MR) is 221 cm³/mol. The quantitative estimate of drug-likeness (QED) is 0.152. The molecule has 0 aromatic heterocycles. The van der Waals surface area contributed by atoms with E-state index in [9.17, 15) is 5.11 Å². The molecule has 9 rings (SSSR count). The normalized spacial score (nSPS) is 18.1. The minimum atomic E-state index is -0.975. The van der Waals surface area contributed by atoms with Crippen molar-refractivity contribution in [2.24, 2.45) is 0 Å². The molecule has 1 atom stereocenters. The van der Waals surface area contributed by atoms with Gasteiger partial charge in [-0.2, -0.15) is 0 Å². The van der Waals surface area contributed by atoms with Crippen molar-refractivity contribution in [2.45, 2.75) is 56.0 Å². The van der Waals surface area contributed by atoms with Crippen molar-refractivity contribution in [2.75, 3.05) is 33.2 Å². The van der Waals surface area contributed by atoms with E-state index in [0.29, 0.717) is 11.4 Å². The van der Waals surface area contributed by atoms with Gasteiger partial charge in [-0.3, -0.25) is 0 Å². The third-order valence-corrected chi connectivity index (χ3v) is 12.1. The van der Waals surface area contributed by atoms with Crippen LogP contribution >= 0.6 is 0 Å². The van der Waals surface area contributed by atoms with Crippen LogP contribution in [0.4, 0.5) is 5.69 Å². The van der Waals surface area contributed by atoms with Gasteiger partial charge in [0, 0.05) is 38.7 Å². The molecule has 1 saturated carbocycles. The van der Waals surface area contributed by atoms with Gasteiger partial charge in [0.15, 0.2) is 5.60 Å². The summed E-state index contributed by atoms with van der Waals surface area (Å²) in [6, 6.07) is 37.8. The number of benzene rings is 6. The third kappa shape index (κ3) is 5.73. The lowest BCUT2D eigenvalue weighted by Crippen LogP contribution is -2.35. The summed E-state index contributed by atoms with van der Waals surface area (Å²) < 4.78 is 25.3. The highest BCUT2D eigenvalue weighted by atomic mass is 16.5. The lowest BCUT2D eigenvalue weighted by Gasteiger charge is -2.40. The highest BCUT2D eigenvalue weighted by molar-refractivity contribution is 6.10. The molecule has 0 radical (unpaired) electrons. The van der Waals surface area contributed by atoms with Crippen molar-refractivity contribution in [3.05, 3.63) is 143 Å². The van der Waals surface area contributed by atoms with Crippen molar-refractivity contribution < 1.29 is 24.1 Å². The number of hydrogen-bond donors (Lipinski definition) is 2. The summed E-state index contributed by atoms with van der Waals surface area (Å²) in [7, 11) is 3.44. The summed E-state index contributed by atoms with van der Waals surface area (Å²) in [4.78, 5) is 0. The Morgan fingerprint density at radius 3 is 2.05 bits per heavy atom. The van der Waals surface area contributed by atoms with E-state index in [4.69, 9.17) is 24.7 Å². The molecule has 1 heterocycles. The Balaban J connectivity index is 1.36. The maximum Gasteiger partial charge on any atom is 0.178 e. The van der Waals surface area contributed by atoms with Gasteiger partial charge in [-0.1, -0.05) is 98.8 Å². The number of aliphatic hydroxyl groups is 1. The number of ether oxygens (including phenoxy) is 4. The van der Waals surface area contributed by atoms with Gasteiger partial charge < -0.3 is 29.8 Å². The Labute approximate surface area is 323 Å². The van der Waals surface area contributed by atoms with Crippen molar-refractivity contribution in [3.63, 3.8) is 0 Å². The van der Waals surface area contributed by atoms with Crippen LogP contribution in [-0.4, -0.2) is 32.5 Å². The van der Waals surface area contributed by atoms with Gasteiger partial charge in [0.05, 0.1) is 20.8 Å². The molecule has 278 valence electrons. The second-order valence-corrected chi connectivity index (χ2v) is 15.1. The van der Waals surface area contributed by atoms with E-state index in [1.807, 2.05) is 36.4 Å². The molecule has 1 unspecified atom stereocenters. The molecule has 0 bridgehead atoms. The molecule has 6 aromatic carbocycles. The second-order valence-electron chi connectivity index (χ2n) is 15.1. The fourth-order valence-electron chi connectivity index (χ4n) is 9.56. The Morgan fingerprint density at radius 1 is 0.709 bits per heavy atom. The maximum atomic E-state index is 9.40. The first-order valence-electron chi connectivity index (χ1n) is 19.5. The highest BCUT2D eigenvalue weighted by Gasteiger charge is 2.48. The molecule has 1 spiro atoms. The Kier molecular flexibility index (Phi) is 9.02. The van der Waals surface area contributed by atoms with E-state index in [2.05, 4.69) is 84.9 Å². The summed E-state index contributed by atoms with van der Waals surface area (Å²) in [6.07, 6.45) is 13.0. The zero-order valence-corrected chi connectivity index (χ0v) is 31.6. The number of rotatable bonds is 8. The fraction of sp³-hybridized carbons (Fsp3) is 0.265. The topological polar surface area (TPSA) is 83.2 Å². The van der Waals surface area contributed by atoms with Crippen molar-refractivity contribution in [3.8, 4) is 45.3 Å². The molecule has 6 heteroatoms. The fourth-order valence-corrected chi connectivity index (χ4v) is 9.56. The molecule has 1 aliphatic heterocycles. The van der Waals surface area contributed by atoms with Crippen molar-refractivity contribution in [1.29, 1.82) is 0 Å². The van der Waals surface area contributed by atoms with Crippen LogP contribution in [0.3, 0.4) is 0 Å². The molecule has 55 heavy (non-hydrogen) atoms. The molecular formula is C49H47NO5. The number of nitrogens with two attached hydrogens (primary N) is 1. The van der Waals surface area contributed by atoms with Crippen LogP contribution in [-0.2, 0) is 11.0 Å². The van der Waals surface area contributed by atoms with Crippen LogP contribution in [0.5, 0.6) is 23.0 Å². The predicted octanol–water partition coefficient (Wildman–Crippen LogP) is 10.8. The Bertz CT molecular complexity index is 2390. The summed E-state index contributed by atoms with van der Waals surface area (Å²) in [5, 5.41) is 11.6. The SMILES string of the molecule is COc1ccc(C2(c3ccc(OCCO)cc3)C=Cc3c4c(c5cc(OC)c(-c6ccc(N)cc6)cc5c3O2)-c2ccccc2C42CCCCCCC2)cc1. The average Bonchev–Trinajstić information content (AvgIpc) is 3.52. The minimum absolute atomic E-state index is 0.0495. The van der Waals surface area contributed by atoms with Crippen LogP contribution < -0.4 is 24.7 Å². The van der Waals surface area contributed by atoms with Crippen LogP contribution in [0.25, 0.3) is 39.1 Å². The van der Waals surface area contributed by atoms with Gasteiger partial charge in [-0.15, -0.1) is 0 Å². The number of methoxy groups -OCH3 is 2. The van der Waals surface area contributed by atoms with Gasteiger partial charge in [-0.25, -0.2) is 0 Å². The molecule has 0 saturated heterocycles. The summed E-state index contributed by atoms with van der Waals surface area (Å²) >= 11 is 0. The third-order valence-electron chi connectivity index (χ3n) is 12.1. The van der Waals surface area contributed by atoms with Crippen LogP contribution in [0.15, 0.2) is 115 Å². The van der Waals surface area contributed by atoms with Gasteiger partial charge >= 0.3 is 0 Å². The van der Waals surface area contributed by atoms with E-state index in [-0.39, 0.29) is 18.6 Å². The van der Waals surface area contributed by atoms with Crippen LogP contribution in [0.2, 0.25) is 0 Å². The maximum absolute atomic E-state index is 9.40. The lowest BCUT2D eigenvalue weighted by molar-refractivity contribution is 0.162. The summed E-state index contributed by atoms with van der Waals surface area (Å²) in [5.41, 5.74) is 16.3. The van der Waals surface area contributed by atoms with Crippen molar-refractivity contribution >= 4 is 22.5 Å². The first-order chi connectivity index (χ1) is 27.0. The molecular weight excluding hydrogens is 683 g/mol. The van der Waals surface area contributed by atoms with Gasteiger partial charge in [0.1, 0.15) is 29.6 Å². The van der Waals surface area contributed by atoms with Crippen LogP contribution in [0.1, 0.15) is 72.8 Å². The molecule has 3 aliphatic rings. The van der Waals surface area contributed by atoms with E-state index in [1.54, 1.807) is 14.2 Å². The Hall–Kier alpha value is -5.72. The van der Waals surface area contributed by atoms with E-state index in [0.717, 1.165) is 68.7 Å². The van der Waals surface area contributed by atoms with E-state index >= 15 is 0 Å². The number of nitrogen functional groups attached to an aromatic ring is 1. The molecule has 3 N–H and O–H groups in total. The van der Waals surface area contributed by atoms with E-state index < -0.39 is 5.60 Å². The van der Waals surface area contributed by atoms with Gasteiger partial charge in [-0.05, 0) is 101 Å². The minimum Gasteiger partial charge on any atom is -0.497 e. The summed E-state index contributed by atoms with van der Waals surface area (Å²) in [5.74, 6) is 3.14. The summed E-state index contributed by atoms with van der Waals surface area (Å²) in [6.45, 7) is 0.180. The smallest absolute Gasteiger partial charge is 0.178 e. The standard InChI is InChI=1S/C49H47NO5/c1-52-36-20-14-33(15-21-36)49(34-16-22-37(23-17-34)54-29-28-51)27-24-39-46-45(38-10-6-7-11-43(38)48(46)25-8-4-3-5-9-26-48)41-31-44(53-2)40(30-42(41)47(39)55-49)32-12-18-35(50)19-13-32/h6-7,10-24,27,30-31,51H,3-5,8-9,25-26,28-29,50H2,1-2H3. The molecule has 0 amide bonds. The van der Waals surface area contributed by atoms with E-state index in [1.165, 1.54) is 54.4 Å². The molecule has 6 nitrogen and oxygen atoms in total. The number of hydrogen-bond acceptors (Lipinski definition) is 6. The van der Waals surface area contributed by atoms with Crippen LogP contribution in [0, 0.1) is 0 Å². The first-order valence-corrected chi connectivity index (χ1v) is 19.5. The number of fused-ring (bicyclic) bond motifs is 10. The lowest BCUT2D eigenvalue weighted by atomic mass is 9.67. The zero-order chi connectivity index (χ0) is 37.6. The highest BCUT2D eigenvalue weighted by Crippen LogP contribution is 2.62. The average molecular weight is 730 g/mol. The monoisotopic (exact) mass is 729 g/mol. The van der Waals surface area contributed by atoms with Gasteiger partial charge in [0.2, 0.25) is 0 Å². The molecule has 2 aliphatic carbocycles. The molecule has 6 aromatic rings. The van der Waals surface area contributed by atoms with Crippen molar-refractivity contribution in [1.82, 2.24) is 0 Å². The zero-order valence-electron chi connectivity index (χ0n) is 31.6.